The second-order valence-electron chi connectivity index (χ2n) is 6.06. The van der Waals surface area contributed by atoms with Crippen LogP contribution in [0.5, 0.6) is 0 Å². The van der Waals surface area contributed by atoms with Crippen LogP contribution < -0.4 is 0 Å². The lowest BCUT2D eigenvalue weighted by Crippen LogP contribution is -2.53. The molecule has 2 heterocycles. The molecule has 1 atom stereocenters. The van der Waals surface area contributed by atoms with Crippen LogP contribution in [-0.4, -0.2) is 60.5 Å². The molecule has 1 unspecified atom stereocenters. The molecule has 2 aliphatic heterocycles. The first-order valence-electron chi connectivity index (χ1n) is 8.04. The van der Waals surface area contributed by atoms with E-state index >= 15 is 0 Å². The van der Waals surface area contributed by atoms with Gasteiger partial charge in [0.05, 0.1) is 0 Å². The van der Waals surface area contributed by atoms with Crippen molar-refractivity contribution in [3.63, 3.8) is 0 Å². The Morgan fingerprint density at radius 2 is 1.31 bits per heavy atom. The predicted molar refractivity (Wildman–Crippen MR) is 77.7 cm³/mol. The molecule has 0 bridgehead atoms. The molecule has 2 amide bonds. The third-order valence-corrected chi connectivity index (χ3v) is 4.51. The molecule has 2 saturated heterocycles. The number of rotatable bonds is 2. The van der Waals surface area contributed by atoms with E-state index in [9.17, 15) is 31.5 Å². The van der Waals surface area contributed by atoms with Crippen molar-refractivity contribution in [2.24, 2.45) is 0 Å². The van der Waals surface area contributed by atoms with Crippen LogP contribution in [0.1, 0.15) is 23.2 Å². The van der Waals surface area contributed by atoms with E-state index in [0.29, 0.717) is 13.0 Å². The Morgan fingerprint density at radius 1 is 0.808 bits per heavy atom. The number of piperazine rings is 1. The topological polar surface area (TPSA) is 49.9 Å². The lowest BCUT2D eigenvalue weighted by atomic mass is 10.1. The number of carbonyl (C=O) groups is 2. The van der Waals surface area contributed by atoms with Crippen LogP contribution in [0, 0.1) is 29.1 Å². The molecule has 1 aromatic rings. The molecule has 1 aromatic carbocycles. The molecule has 2 aliphatic rings. The fraction of sp³-hybridized carbons (Fsp3) is 0.500. The molecule has 0 aliphatic carbocycles. The van der Waals surface area contributed by atoms with Gasteiger partial charge in [0, 0.05) is 32.8 Å². The zero-order valence-corrected chi connectivity index (χ0v) is 13.5. The van der Waals surface area contributed by atoms with Crippen molar-refractivity contribution in [2.75, 3.05) is 32.8 Å². The fourth-order valence-electron chi connectivity index (χ4n) is 3.06. The highest BCUT2D eigenvalue weighted by molar-refractivity contribution is 5.95. The number of carbonyl (C=O) groups excluding carboxylic acids is 2. The number of amides is 2. The number of nitrogens with zero attached hydrogens (tertiary/aromatic N) is 2. The fourth-order valence-corrected chi connectivity index (χ4v) is 3.06. The highest BCUT2D eigenvalue weighted by Crippen LogP contribution is 2.25. The SMILES string of the molecule is O=C(c1c(F)c(F)c(F)c(F)c1F)N1CCN(C(=O)C2CCCO2)CC1. The third kappa shape index (κ3) is 3.13. The van der Waals surface area contributed by atoms with Crippen LogP contribution in [-0.2, 0) is 9.53 Å². The van der Waals surface area contributed by atoms with Crippen molar-refractivity contribution in [1.29, 1.82) is 0 Å². The van der Waals surface area contributed by atoms with E-state index in [4.69, 9.17) is 4.74 Å². The zero-order chi connectivity index (χ0) is 19.0. The number of benzene rings is 1. The number of hydrogen-bond donors (Lipinski definition) is 0. The van der Waals surface area contributed by atoms with Crippen LogP contribution in [0.25, 0.3) is 0 Å². The highest BCUT2D eigenvalue weighted by Gasteiger charge is 2.35. The molecule has 10 heteroatoms. The summed E-state index contributed by atoms with van der Waals surface area (Å²) in [5.41, 5.74) is -1.49. The number of hydrogen-bond acceptors (Lipinski definition) is 3. The highest BCUT2D eigenvalue weighted by atomic mass is 19.2. The molecule has 0 spiro atoms. The van der Waals surface area contributed by atoms with Gasteiger partial charge in [0.15, 0.2) is 23.3 Å². The normalized spacial score (nSPS) is 20.6. The summed E-state index contributed by atoms with van der Waals surface area (Å²) in [6, 6.07) is 0. The van der Waals surface area contributed by atoms with Gasteiger partial charge >= 0.3 is 0 Å². The predicted octanol–water partition coefficient (Wildman–Crippen LogP) is 1.85. The van der Waals surface area contributed by atoms with Crippen LogP contribution >= 0.6 is 0 Å². The first-order chi connectivity index (χ1) is 12.3. The Kier molecular flexibility index (Phi) is 5.12. The summed E-state index contributed by atoms with van der Waals surface area (Å²) in [5, 5.41) is 0. The molecule has 0 aromatic heterocycles. The standard InChI is InChI=1S/C16H15F5N2O3/c17-10-9(11(18)13(20)14(21)12(10)19)16(25)23-5-3-22(4-6-23)15(24)8-2-1-7-26-8/h8H,1-7H2. The maximum absolute atomic E-state index is 13.8. The van der Waals surface area contributed by atoms with Gasteiger partial charge in [0.1, 0.15) is 11.7 Å². The van der Waals surface area contributed by atoms with E-state index in [2.05, 4.69) is 0 Å². The van der Waals surface area contributed by atoms with Gasteiger partial charge in [-0.25, -0.2) is 22.0 Å². The average Bonchev–Trinajstić information content (AvgIpc) is 3.19. The van der Waals surface area contributed by atoms with Crippen LogP contribution in [0.3, 0.4) is 0 Å². The Morgan fingerprint density at radius 3 is 1.81 bits per heavy atom. The molecule has 5 nitrogen and oxygen atoms in total. The van der Waals surface area contributed by atoms with Gasteiger partial charge in [-0.2, -0.15) is 0 Å². The summed E-state index contributed by atoms with van der Waals surface area (Å²) in [6.45, 7) is 0.488. The molecular formula is C16H15F5N2O3. The lowest BCUT2D eigenvalue weighted by molar-refractivity contribution is -0.142. The molecule has 0 saturated carbocycles. The minimum Gasteiger partial charge on any atom is -0.368 e. The molecule has 2 fully saturated rings. The van der Waals surface area contributed by atoms with Crippen LogP contribution in [0.2, 0.25) is 0 Å². The van der Waals surface area contributed by atoms with Crippen molar-refractivity contribution in [3.05, 3.63) is 34.6 Å². The maximum atomic E-state index is 13.8. The molecule has 26 heavy (non-hydrogen) atoms. The average molecular weight is 378 g/mol. The number of ether oxygens (including phenoxy) is 1. The molecular weight excluding hydrogens is 363 g/mol. The largest absolute Gasteiger partial charge is 0.368 e. The quantitative estimate of drug-likeness (QED) is 0.448. The minimum atomic E-state index is -2.32. The second kappa shape index (κ2) is 7.18. The summed E-state index contributed by atoms with van der Waals surface area (Å²) >= 11 is 0. The van der Waals surface area contributed by atoms with Crippen molar-refractivity contribution in [3.8, 4) is 0 Å². The van der Waals surface area contributed by atoms with Crippen LogP contribution in [0.15, 0.2) is 0 Å². The number of halogens is 5. The van der Waals surface area contributed by atoms with Crippen LogP contribution in [0.4, 0.5) is 22.0 Å². The van der Waals surface area contributed by atoms with Gasteiger partial charge in [0.2, 0.25) is 5.82 Å². The van der Waals surface area contributed by atoms with E-state index < -0.39 is 46.7 Å². The van der Waals surface area contributed by atoms with E-state index in [0.717, 1.165) is 11.3 Å². The van der Waals surface area contributed by atoms with Crippen molar-refractivity contribution in [1.82, 2.24) is 9.80 Å². The summed E-state index contributed by atoms with van der Waals surface area (Å²) in [4.78, 5) is 26.9. The van der Waals surface area contributed by atoms with E-state index in [1.165, 1.54) is 4.90 Å². The lowest BCUT2D eigenvalue weighted by Gasteiger charge is -2.35. The van der Waals surface area contributed by atoms with Crippen molar-refractivity contribution in [2.45, 2.75) is 18.9 Å². The van der Waals surface area contributed by atoms with E-state index in [-0.39, 0.29) is 32.1 Å². The zero-order valence-electron chi connectivity index (χ0n) is 13.5. The third-order valence-electron chi connectivity index (χ3n) is 4.51. The van der Waals surface area contributed by atoms with Crippen molar-refractivity contribution >= 4 is 11.8 Å². The first-order valence-corrected chi connectivity index (χ1v) is 8.04. The van der Waals surface area contributed by atoms with Gasteiger partial charge in [-0.1, -0.05) is 0 Å². The monoisotopic (exact) mass is 378 g/mol. The summed E-state index contributed by atoms with van der Waals surface area (Å²) in [6.07, 6.45) is 0.838. The maximum Gasteiger partial charge on any atom is 0.260 e. The van der Waals surface area contributed by atoms with Gasteiger partial charge < -0.3 is 14.5 Å². The van der Waals surface area contributed by atoms with E-state index in [1.54, 1.807) is 0 Å². The smallest absolute Gasteiger partial charge is 0.260 e. The molecule has 3 rings (SSSR count). The molecule has 0 N–H and O–H groups in total. The molecule has 142 valence electrons. The Bertz CT molecular complexity index is 715. The summed E-state index contributed by atoms with van der Waals surface area (Å²) < 4.78 is 72.5. The Balaban J connectivity index is 1.72. The van der Waals surface area contributed by atoms with Gasteiger partial charge in [-0.05, 0) is 12.8 Å². The summed E-state index contributed by atoms with van der Waals surface area (Å²) in [7, 11) is 0. The Labute approximate surface area is 145 Å². The van der Waals surface area contributed by atoms with Gasteiger partial charge in [-0.3, -0.25) is 9.59 Å². The Hall–Kier alpha value is -2.23. The van der Waals surface area contributed by atoms with Gasteiger partial charge in [0.25, 0.3) is 11.8 Å². The van der Waals surface area contributed by atoms with Gasteiger partial charge in [-0.15, -0.1) is 0 Å². The first kappa shape index (κ1) is 18.6. The summed E-state index contributed by atoms with van der Waals surface area (Å²) in [5.74, 6) is -12.5. The molecule has 0 radical (unpaired) electrons. The second-order valence-corrected chi connectivity index (χ2v) is 6.06. The van der Waals surface area contributed by atoms with E-state index in [1.807, 2.05) is 0 Å². The van der Waals surface area contributed by atoms with Crippen molar-refractivity contribution < 1.29 is 36.3 Å². The minimum absolute atomic E-state index is 0.0832.